The molecule has 0 N–H and O–H groups in total. The van der Waals surface area contributed by atoms with Crippen LogP contribution >= 0.6 is 22.6 Å². The lowest BCUT2D eigenvalue weighted by atomic mass is 10.1. The zero-order valence-electron chi connectivity index (χ0n) is 7.13. The van der Waals surface area contributed by atoms with Gasteiger partial charge >= 0.3 is 0 Å². The molecule has 2 aromatic rings. The predicted molar refractivity (Wildman–Crippen MR) is 66.8 cm³/mol. The summed E-state index contributed by atoms with van der Waals surface area (Å²) in [5.74, 6) is 0. The standard InChI is InChI=1S/C12H9I/c1-2-9-7-8-10-5-3-4-6-11(10)12(9)13/h2-8H,1H2. The Bertz CT molecular complexity index is 458. The third-order valence-electron chi connectivity index (χ3n) is 2.11. The van der Waals surface area contributed by atoms with Crippen LogP contribution in [0.1, 0.15) is 5.56 Å². The summed E-state index contributed by atoms with van der Waals surface area (Å²) in [4.78, 5) is 0. The van der Waals surface area contributed by atoms with Crippen LogP contribution in [0.2, 0.25) is 0 Å². The van der Waals surface area contributed by atoms with E-state index in [0.29, 0.717) is 0 Å². The van der Waals surface area contributed by atoms with Crippen molar-refractivity contribution in [1.29, 1.82) is 0 Å². The van der Waals surface area contributed by atoms with Gasteiger partial charge in [0.2, 0.25) is 0 Å². The van der Waals surface area contributed by atoms with Crippen molar-refractivity contribution >= 4 is 39.4 Å². The van der Waals surface area contributed by atoms with Gasteiger partial charge in [0.15, 0.2) is 0 Å². The first-order valence-corrected chi connectivity index (χ1v) is 5.20. The van der Waals surface area contributed by atoms with Gasteiger partial charge in [0.25, 0.3) is 0 Å². The number of hydrogen-bond acceptors (Lipinski definition) is 0. The molecule has 0 atom stereocenters. The van der Waals surface area contributed by atoms with Crippen LogP contribution in [0.3, 0.4) is 0 Å². The van der Waals surface area contributed by atoms with Crippen LogP contribution in [-0.4, -0.2) is 0 Å². The van der Waals surface area contributed by atoms with Gasteiger partial charge in [-0.05, 0) is 38.9 Å². The molecule has 0 aliphatic carbocycles. The molecule has 0 aliphatic heterocycles. The van der Waals surface area contributed by atoms with Crippen molar-refractivity contribution in [3.63, 3.8) is 0 Å². The number of rotatable bonds is 1. The molecule has 0 fully saturated rings. The average molecular weight is 280 g/mol. The predicted octanol–water partition coefficient (Wildman–Crippen LogP) is 4.09. The normalized spacial score (nSPS) is 10.2. The fourth-order valence-corrected chi connectivity index (χ4v) is 2.30. The maximum atomic E-state index is 3.79. The molecule has 0 bridgehead atoms. The molecule has 0 saturated carbocycles. The van der Waals surface area contributed by atoms with E-state index in [1.165, 1.54) is 19.9 Å². The molecule has 1 heteroatoms. The molecule has 0 aliphatic rings. The SMILES string of the molecule is C=Cc1ccc2ccccc2c1I. The van der Waals surface area contributed by atoms with E-state index in [1.807, 2.05) is 6.08 Å². The Morgan fingerprint density at radius 2 is 1.85 bits per heavy atom. The maximum absolute atomic E-state index is 3.79. The third-order valence-corrected chi connectivity index (χ3v) is 3.32. The van der Waals surface area contributed by atoms with Crippen molar-refractivity contribution in [1.82, 2.24) is 0 Å². The van der Waals surface area contributed by atoms with Gasteiger partial charge in [-0.25, -0.2) is 0 Å². The zero-order chi connectivity index (χ0) is 9.26. The Morgan fingerprint density at radius 3 is 2.62 bits per heavy atom. The van der Waals surface area contributed by atoms with Crippen LogP contribution < -0.4 is 0 Å². The summed E-state index contributed by atoms with van der Waals surface area (Å²) in [6, 6.07) is 12.6. The smallest absolute Gasteiger partial charge is 0.0280 e. The molecule has 64 valence electrons. The minimum Gasteiger partial charge on any atom is -0.0984 e. The lowest BCUT2D eigenvalue weighted by Crippen LogP contribution is -1.82. The van der Waals surface area contributed by atoms with Crippen molar-refractivity contribution in [2.24, 2.45) is 0 Å². The Kier molecular flexibility index (Phi) is 2.36. The summed E-state index contributed by atoms with van der Waals surface area (Å²) < 4.78 is 1.28. The summed E-state index contributed by atoms with van der Waals surface area (Å²) in [5.41, 5.74) is 1.21. The first-order valence-electron chi connectivity index (χ1n) is 4.12. The van der Waals surface area contributed by atoms with Gasteiger partial charge in [-0.15, -0.1) is 0 Å². The molecular formula is C12H9I. The largest absolute Gasteiger partial charge is 0.0984 e. The first kappa shape index (κ1) is 8.75. The van der Waals surface area contributed by atoms with Crippen molar-refractivity contribution < 1.29 is 0 Å². The van der Waals surface area contributed by atoms with E-state index in [-0.39, 0.29) is 0 Å². The van der Waals surface area contributed by atoms with E-state index >= 15 is 0 Å². The Labute approximate surface area is 91.4 Å². The molecule has 0 amide bonds. The Morgan fingerprint density at radius 1 is 1.08 bits per heavy atom. The number of hydrogen-bond donors (Lipinski definition) is 0. The van der Waals surface area contributed by atoms with Crippen LogP contribution in [0, 0.1) is 3.57 Å². The fourth-order valence-electron chi connectivity index (χ4n) is 1.41. The summed E-state index contributed by atoms with van der Waals surface area (Å²) >= 11 is 2.37. The second-order valence-corrected chi connectivity index (χ2v) is 3.97. The monoisotopic (exact) mass is 280 g/mol. The second-order valence-electron chi connectivity index (χ2n) is 2.89. The van der Waals surface area contributed by atoms with Gasteiger partial charge in [0, 0.05) is 3.57 Å². The van der Waals surface area contributed by atoms with Crippen LogP contribution in [0.15, 0.2) is 43.0 Å². The highest BCUT2D eigenvalue weighted by Crippen LogP contribution is 2.24. The topological polar surface area (TPSA) is 0 Å². The second kappa shape index (κ2) is 3.50. The molecule has 0 nitrogen and oxygen atoms in total. The van der Waals surface area contributed by atoms with Gasteiger partial charge in [-0.2, -0.15) is 0 Å². The molecule has 0 spiro atoms. The Hall–Kier alpha value is -0.830. The lowest BCUT2D eigenvalue weighted by Gasteiger charge is -2.03. The maximum Gasteiger partial charge on any atom is 0.0280 e. The molecule has 0 radical (unpaired) electrons. The number of fused-ring (bicyclic) bond motifs is 1. The number of benzene rings is 2. The molecule has 0 saturated heterocycles. The van der Waals surface area contributed by atoms with E-state index in [2.05, 4.69) is 65.6 Å². The molecule has 13 heavy (non-hydrogen) atoms. The van der Waals surface area contributed by atoms with E-state index in [0.717, 1.165) is 0 Å². The van der Waals surface area contributed by atoms with E-state index in [9.17, 15) is 0 Å². The van der Waals surface area contributed by atoms with Gasteiger partial charge in [-0.3, -0.25) is 0 Å². The highest BCUT2D eigenvalue weighted by Gasteiger charge is 2.00. The van der Waals surface area contributed by atoms with Crippen molar-refractivity contribution in [3.05, 3.63) is 52.1 Å². The minimum absolute atomic E-state index is 1.21. The van der Waals surface area contributed by atoms with E-state index in [1.54, 1.807) is 0 Å². The van der Waals surface area contributed by atoms with Crippen molar-refractivity contribution in [2.75, 3.05) is 0 Å². The van der Waals surface area contributed by atoms with E-state index in [4.69, 9.17) is 0 Å². The Balaban J connectivity index is 2.86. The average Bonchev–Trinajstić information content (AvgIpc) is 2.19. The van der Waals surface area contributed by atoms with Crippen molar-refractivity contribution in [2.45, 2.75) is 0 Å². The fraction of sp³-hybridized carbons (Fsp3) is 0. The van der Waals surface area contributed by atoms with Gasteiger partial charge in [0.05, 0.1) is 0 Å². The lowest BCUT2D eigenvalue weighted by molar-refractivity contribution is 1.66. The van der Waals surface area contributed by atoms with Crippen molar-refractivity contribution in [3.8, 4) is 0 Å². The summed E-state index contributed by atoms with van der Waals surface area (Å²) in [7, 11) is 0. The molecule has 2 rings (SSSR count). The zero-order valence-corrected chi connectivity index (χ0v) is 9.28. The molecule has 2 aromatic carbocycles. The highest BCUT2D eigenvalue weighted by atomic mass is 127. The van der Waals surface area contributed by atoms with Crippen LogP contribution in [0.4, 0.5) is 0 Å². The minimum atomic E-state index is 1.21. The summed E-state index contributed by atoms with van der Waals surface area (Å²) in [6.45, 7) is 3.79. The first-order chi connectivity index (χ1) is 6.33. The molecular weight excluding hydrogens is 271 g/mol. The van der Waals surface area contributed by atoms with Gasteiger partial charge < -0.3 is 0 Å². The molecule has 0 aromatic heterocycles. The van der Waals surface area contributed by atoms with E-state index < -0.39 is 0 Å². The highest BCUT2D eigenvalue weighted by molar-refractivity contribution is 14.1. The third kappa shape index (κ3) is 1.48. The summed E-state index contributed by atoms with van der Waals surface area (Å²) in [5, 5.41) is 2.60. The molecule has 0 unspecified atom stereocenters. The molecule has 0 heterocycles. The van der Waals surface area contributed by atoms with Crippen LogP contribution in [0.5, 0.6) is 0 Å². The van der Waals surface area contributed by atoms with Crippen LogP contribution in [-0.2, 0) is 0 Å². The van der Waals surface area contributed by atoms with Crippen LogP contribution in [0.25, 0.3) is 16.8 Å². The number of halogens is 1. The van der Waals surface area contributed by atoms with Gasteiger partial charge in [0.1, 0.15) is 0 Å². The quantitative estimate of drug-likeness (QED) is 0.690. The summed E-state index contributed by atoms with van der Waals surface area (Å²) in [6.07, 6.45) is 1.90. The van der Waals surface area contributed by atoms with Gasteiger partial charge in [-0.1, -0.05) is 49.1 Å².